The molecule has 1 N–H and O–H groups in total. The molecule has 1 heterocycles. The number of hydrogen-bond donors (Lipinski definition) is 1. The Morgan fingerprint density at radius 3 is 2.65 bits per heavy atom. The second-order valence-corrected chi connectivity index (χ2v) is 6.46. The predicted molar refractivity (Wildman–Crippen MR) is 71.3 cm³/mol. The first kappa shape index (κ1) is 13.3. The van der Waals surface area contributed by atoms with Gasteiger partial charge in [0.05, 0.1) is 6.10 Å². The van der Waals surface area contributed by atoms with Crippen LogP contribution < -0.4 is 5.32 Å². The molecule has 1 aliphatic carbocycles. The molecule has 1 amide bonds. The fourth-order valence-electron chi connectivity index (χ4n) is 2.70. The van der Waals surface area contributed by atoms with E-state index in [1.165, 1.54) is 19.3 Å². The average molecular weight is 304 g/mol. The van der Waals surface area contributed by atoms with E-state index in [2.05, 4.69) is 21.2 Å². The third-order valence-electron chi connectivity index (χ3n) is 3.78. The second kappa shape index (κ2) is 6.19. The summed E-state index contributed by atoms with van der Waals surface area (Å²) in [7, 11) is 0. The normalized spacial score (nSPS) is 38.7. The van der Waals surface area contributed by atoms with Gasteiger partial charge in [0.1, 0.15) is 6.10 Å². The third kappa shape index (κ3) is 3.68. The van der Waals surface area contributed by atoms with Gasteiger partial charge in [0.2, 0.25) is 5.91 Å². The molecule has 0 aromatic carbocycles. The van der Waals surface area contributed by atoms with Crippen LogP contribution in [0.25, 0.3) is 0 Å². The molecule has 2 aliphatic rings. The van der Waals surface area contributed by atoms with Crippen molar-refractivity contribution in [2.24, 2.45) is 0 Å². The zero-order valence-electron chi connectivity index (χ0n) is 10.5. The van der Waals surface area contributed by atoms with Crippen LogP contribution in [0.2, 0.25) is 0 Å². The van der Waals surface area contributed by atoms with Gasteiger partial charge in [-0.25, -0.2) is 0 Å². The molecule has 1 saturated heterocycles. The lowest BCUT2D eigenvalue weighted by Crippen LogP contribution is -2.45. The SMILES string of the molecule is CC1CCC(C(=O)NC2CCCCCC2Br)O1. The zero-order chi connectivity index (χ0) is 12.3. The van der Waals surface area contributed by atoms with E-state index in [1.807, 2.05) is 6.92 Å². The highest BCUT2D eigenvalue weighted by atomic mass is 79.9. The van der Waals surface area contributed by atoms with Gasteiger partial charge >= 0.3 is 0 Å². The topological polar surface area (TPSA) is 38.3 Å². The van der Waals surface area contributed by atoms with Crippen LogP contribution in [0.4, 0.5) is 0 Å². The fraction of sp³-hybridized carbons (Fsp3) is 0.923. The maximum absolute atomic E-state index is 12.1. The number of ether oxygens (including phenoxy) is 1. The molecule has 1 aliphatic heterocycles. The average Bonchev–Trinajstić information content (AvgIpc) is 2.63. The Labute approximate surface area is 112 Å². The zero-order valence-corrected chi connectivity index (χ0v) is 12.0. The minimum Gasteiger partial charge on any atom is -0.365 e. The first-order valence-electron chi connectivity index (χ1n) is 6.76. The van der Waals surface area contributed by atoms with E-state index in [9.17, 15) is 4.79 Å². The van der Waals surface area contributed by atoms with E-state index in [4.69, 9.17) is 4.74 Å². The molecule has 0 aromatic heterocycles. The number of halogens is 1. The van der Waals surface area contributed by atoms with E-state index >= 15 is 0 Å². The van der Waals surface area contributed by atoms with Gasteiger partial charge in [-0.1, -0.05) is 35.2 Å². The minimum absolute atomic E-state index is 0.0886. The highest BCUT2D eigenvalue weighted by Crippen LogP contribution is 2.25. The van der Waals surface area contributed by atoms with Crippen molar-refractivity contribution in [2.75, 3.05) is 0 Å². The maximum atomic E-state index is 12.1. The molecule has 17 heavy (non-hydrogen) atoms. The highest BCUT2D eigenvalue weighted by molar-refractivity contribution is 9.09. The second-order valence-electron chi connectivity index (χ2n) is 5.28. The van der Waals surface area contributed by atoms with Crippen LogP contribution in [0.1, 0.15) is 51.9 Å². The monoisotopic (exact) mass is 303 g/mol. The van der Waals surface area contributed by atoms with Crippen LogP contribution in [0.5, 0.6) is 0 Å². The van der Waals surface area contributed by atoms with E-state index in [0.29, 0.717) is 4.83 Å². The summed E-state index contributed by atoms with van der Waals surface area (Å²) in [6.07, 6.45) is 7.90. The summed E-state index contributed by atoms with van der Waals surface area (Å²) in [6, 6.07) is 0.282. The molecule has 2 fully saturated rings. The van der Waals surface area contributed by atoms with Gasteiger partial charge in [-0.05, 0) is 32.6 Å². The molecule has 0 aromatic rings. The Kier molecular flexibility index (Phi) is 4.86. The van der Waals surface area contributed by atoms with Crippen molar-refractivity contribution in [1.29, 1.82) is 0 Å². The van der Waals surface area contributed by atoms with Crippen molar-refractivity contribution in [3.63, 3.8) is 0 Å². The smallest absolute Gasteiger partial charge is 0.249 e. The summed E-state index contributed by atoms with van der Waals surface area (Å²) < 4.78 is 5.60. The Bertz CT molecular complexity index is 272. The lowest BCUT2D eigenvalue weighted by Gasteiger charge is -2.23. The lowest BCUT2D eigenvalue weighted by atomic mass is 10.1. The van der Waals surface area contributed by atoms with Gasteiger partial charge in [0, 0.05) is 10.9 Å². The van der Waals surface area contributed by atoms with Crippen molar-refractivity contribution in [3.05, 3.63) is 0 Å². The fourth-order valence-corrected chi connectivity index (χ4v) is 3.42. The summed E-state index contributed by atoms with van der Waals surface area (Å²) in [4.78, 5) is 12.5. The van der Waals surface area contributed by atoms with E-state index in [0.717, 1.165) is 25.7 Å². The number of carbonyl (C=O) groups excluding carboxylic acids is 1. The molecule has 4 atom stereocenters. The maximum Gasteiger partial charge on any atom is 0.249 e. The van der Waals surface area contributed by atoms with Gasteiger partial charge in [-0.3, -0.25) is 4.79 Å². The van der Waals surface area contributed by atoms with Crippen LogP contribution in [0.15, 0.2) is 0 Å². The number of rotatable bonds is 2. The lowest BCUT2D eigenvalue weighted by molar-refractivity contribution is -0.132. The first-order chi connectivity index (χ1) is 8.16. The van der Waals surface area contributed by atoms with Crippen molar-refractivity contribution >= 4 is 21.8 Å². The number of nitrogens with one attached hydrogen (secondary N) is 1. The third-order valence-corrected chi connectivity index (χ3v) is 4.88. The van der Waals surface area contributed by atoms with E-state index in [1.54, 1.807) is 0 Å². The molecule has 4 unspecified atom stereocenters. The van der Waals surface area contributed by atoms with Crippen molar-refractivity contribution in [2.45, 2.75) is 74.9 Å². The number of amides is 1. The van der Waals surface area contributed by atoms with Crippen molar-refractivity contribution in [1.82, 2.24) is 5.32 Å². The van der Waals surface area contributed by atoms with Gasteiger partial charge in [-0.2, -0.15) is 0 Å². The Morgan fingerprint density at radius 2 is 1.94 bits per heavy atom. The number of carbonyl (C=O) groups is 1. The number of alkyl halides is 1. The summed E-state index contributed by atoms with van der Waals surface area (Å²) >= 11 is 3.70. The summed E-state index contributed by atoms with van der Waals surface area (Å²) in [5.74, 6) is 0.0886. The molecule has 0 spiro atoms. The van der Waals surface area contributed by atoms with Crippen LogP contribution in [-0.4, -0.2) is 29.0 Å². The van der Waals surface area contributed by atoms with Crippen molar-refractivity contribution < 1.29 is 9.53 Å². The van der Waals surface area contributed by atoms with Crippen LogP contribution in [0, 0.1) is 0 Å². The van der Waals surface area contributed by atoms with Crippen LogP contribution in [0.3, 0.4) is 0 Å². The van der Waals surface area contributed by atoms with Gasteiger partial charge in [0.25, 0.3) is 0 Å². The minimum atomic E-state index is -0.215. The predicted octanol–water partition coefficient (Wildman–Crippen LogP) is 2.77. The Morgan fingerprint density at radius 1 is 1.18 bits per heavy atom. The van der Waals surface area contributed by atoms with Gasteiger partial charge in [0.15, 0.2) is 0 Å². The molecule has 0 radical (unpaired) electrons. The standard InChI is InChI=1S/C13H22BrNO2/c1-9-7-8-12(17-9)13(16)15-11-6-4-2-3-5-10(11)14/h9-12H,2-8H2,1H3,(H,15,16). The summed E-state index contributed by atoms with van der Waals surface area (Å²) in [6.45, 7) is 2.03. The summed E-state index contributed by atoms with van der Waals surface area (Å²) in [5, 5.41) is 3.16. The number of hydrogen-bond acceptors (Lipinski definition) is 2. The van der Waals surface area contributed by atoms with Gasteiger partial charge < -0.3 is 10.1 Å². The van der Waals surface area contributed by atoms with Crippen LogP contribution >= 0.6 is 15.9 Å². The molecule has 1 saturated carbocycles. The van der Waals surface area contributed by atoms with Crippen LogP contribution in [-0.2, 0) is 9.53 Å². The quantitative estimate of drug-likeness (QED) is 0.629. The van der Waals surface area contributed by atoms with Crippen molar-refractivity contribution in [3.8, 4) is 0 Å². The largest absolute Gasteiger partial charge is 0.365 e. The Balaban J connectivity index is 1.84. The molecular formula is C13H22BrNO2. The molecule has 2 rings (SSSR count). The molecule has 98 valence electrons. The highest BCUT2D eigenvalue weighted by Gasteiger charge is 2.31. The van der Waals surface area contributed by atoms with E-state index in [-0.39, 0.29) is 24.2 Å². The molecule has 3 nitrogen and oxygen atoms in total. The summed E-state index contributed by atoms with van der Waals surface area (Å²) in [5.41, 5.74) is 0. The van der Waals surface area contributed by atoms with E-state index < -0.39 is 0 Å². The first-order valence-corrected chi connectivity index (χ1v) is 7.68. The molecule has 0 bridgehead atoms. The molecular weight excluding hydrogens is 282 g/mol. The molecule has 4 heteroatoms. The van der Waals surface area contributed by atoms with Gasteiger partial charge in [-0.15, -0.1) is 0 Å². The Hall–Kier alpha value is -0.0900.